The Balaban J connectivity index is 1.63. The number of hydrogen-bond donors (Lipinski definition) is 2. The summed E-state index contributed by atoms with van der Waals surface area (Å²) >= 11 is 0. The lowest BCUT2D eigenvalue weighted by Crippen LogP contribution is -2.49. The molecule has 1 aromatic carbocycles. The summed E-state index contributed by atoms with van der Waals surface area (Å²) in [4.78, 5) is 36.2. The number of benzene rings is 1. The second-order valence-corrected chi connectivity index (χ2v) is 7.08. The fraction of sp³-hybridized carbons (Fsp3) is 0.474. The molecule has 3 amide bonds. The molecule has 3 rings (SSSR count). The first-order chi connectivity index (χ1) is 12.5. The minimum atomic E-state index is -0.480. The molecule has 0 aliphatic heterocycles. The van der Waals surface area contributed by atoms with E-state index in [4.69, 9.17) is 0 Å². The van der Waals surface area contributed by atoms with Crippen LogP contribution in [0.3, 0.4) is 0 Å². The summed E-state index contributed by atoms with van der Waals surface area (Å²) in [6, 6.07) is 6.54. The summed E-state index contributed by atoms with van der Waals surface area (Å²) in [5.41, 5.74) is 0.362. The Bertz CT molecular complexity index is 876. The first-order valence-corrected chi connectivity index (χ1v) is 9.01. The zero-order chi connectivity index (χ0) is 18.7. The van der Waals surface area contributed by atoms with Crippen LogP contribution < -0.4 is 16.1 Å². The van der Waals surface area contributed by atoms with E-state index in [9.17, 15) is 14.4 Å². The highest BCUT2D eigenvalue weighted by Crippen LogP contribution is 2.29. The SMILES string of the molecule is C[C@H]1[C@H](C)CCC[C@H]1NC(=O)NC(=O)Cn1ncc(=O)c2ccccc21. The highest BCUT2D eigenvalue weighted by atomic mass is 16.2. The predicted octanol–water partition coefficient (Wildman–Crippen LogP) is 2.05. The van der Waals surface area contributed by atoms with Gasteiger partial charge in [-0.3, -0.25) is 19.6 Å². The molecule has 0 saturated heterocycles. The lowest BCUT2D eigenvalue weighted by molar-refractivity contribution is -0.120. The molecule has 2 N–H and O–H groups in total. The third kappa shape index (κ3) is 3.92. The molecule has 1 fully saturated rings. The number of carbonyl (C=O) groups is 2. The molecule has 1 aliphatic carbocycles. The molecule has 26 heavy (non-hydrogen) atoms. The van der Waals surface area contributed by atoms with Crippen molar-refractivity contribution in [2.45, 2.75) is 45.7 Å². The van der Waals surface area contributed by atoms with Crippen molar-refractivity contribution in [3.05, 3.63) is 40.7 Å². The van der Waals surface area contributed by atoms with Gasteiger partial charge in [0.25, 0.3) is 0 Å². The summed E-state index contributed by atoms with van der Waals surface area (Å²) in [6.07, 6.45) is 4.36. The smallest absolute Gasteiger partial charge is 0.321 e. The monoisotopic (exact) mass is 356 g/mol. The number of carbonyl (C=O) groups excluding carboxylic acids is 2. The number of nitrogens with zero attached hydrogens (tertiary/aromatic N) is 2. The van der Waals surface area contributed by atoms with Gasteiger partial charge in [-0.15, -0.1) is 0 Å². The number of imide groups is 1. The van der Waals surface area contributed by atoms with Crippen LogP contribution in [0.2, 0.25) is 0 Å². The van der Waals surface area contributed by atoms with Crippen molar-refractivity contribution in [1.29, 1.82) is 0 Å². The van der Waals surface area contributed by atoms with Crippen molar-refractivity contribution in [1.82, 2.24) is 20.4 Å². The molecule has 7 nitrogen and oxygen atoms in total. The average Bonchev–Trinajstić information content (AvgIpc) is 2.61. The molecular weight excluding hydrogens is 332 g/mol. The Hall–Kier alpha value is -2.70. The van der Waals surface area contributed by atoms with E-state index in [0.29, 0.717) is 22.7 Å². The quantitative estimate of drug-likeness (QED) is 0.880. The van der Waals surface area contributed by atoms with Crippen LogP contribution >= 0.6 is 0 Å². The zero-order valence-electron chi connectivity index (χ0n) is 15.1. The minimum Gasteiger partial charge on any atom is -0.335 e. The van der Waals surface area contributed by atoms with Gasteiger partial charge in [-0.2, -0.15) is 5.10 Å². The molecule has 2 aromatic rings. The van der Waals surface area contributed by atoms with Gasteiger partial charge < -0.3 is 5.32 Å². The zero-order valence-corrected chi connectivity index (χ0v) is 15.1. The molecule has 1 saturated carbocycles. The Morgan fingerprint density at radius 1 is 1.23 bits per heavy atom. The van der Waals surface area contributed by atoms with Crippen LogP contribution in [0.1, 0.15) is 33.1 Å². The summed E-state index contributed by atoms with van der Waals surface area (Å²) in [5.74, 6) is 0.468. The van der Waals surface area contributed by atoms with Crippen LogP contribution in [0.4, 0.5) is 4.79 Å². The third-order valence-corrected chi connectivity index (χ3v) is 5.33. The molecule has 1 aliphatic rings. The lowest BCUT2D eigenvalue weighted by Gasteiger charge is -2.34. The lowest BCUT2D eigenvalue weighted by atomic mass is 9.78. The van der Waals surface area contributed by atoms with E-state index >= 15 is 0 Å². The molecule has 3 atom stereocenters. The van der Waals surface area contributed by atoms with Gasteiger partial charge in [-0.05, 0) is 30.4 Å². The number of para-hydroxylation sites is 1. The van der Waals surface area contributed by atoms with E-state index in [1.807, 2.05) is 0 Å². The summed E-state index contributed by atoms with van der Waals surface area (Å²) in [5, 5.41) is 9.77. The van der Waals surface area contributed by atoms with Gasteiger partial charge in [-0.1, -0.05) is 38.8 Å². The topological polar surface area (TPSA) is 93.1 Å². The Morgan fingerprint density at radius 2 is 2.00 bits per heavy atom. The van der Waals surface area contributed by atoms with Gasteiger partial charge in [-0.25, -0.2) is 4.79 Å². The van der Waals surface area contributed by atoms with Crippen molar-refractivity contribution in [2.24, 2.45) is 11.8 Å². The van der Waals surface area contributed by atoms with Crippen LogP contribution in [-0.4, -0.2) is 27.8 Å². The number of aromatic nitrogens is 2. The predicted molar refractivity (Wildman–Crippen MR) is 98.6 cm³/mol. The van der Waals surface area contributed by atoms with E-state index in [1.54, 1.807) is 24.3 Å². The number of nitrogens with one attached hydrogen (secondary N) is 2. The standard InChI is InChI=1S/C19H24N4O3/c1-12-6-5-8-15(13(12)2)21-19(26)22-18(25)11-23-16-9-4-3-7-14(16)17(24)10-20-23/h3-4,7,9-10,12-13,15H,5-6,8,11H2,1-2H3,(H2,21,22,25,26)/t12-,13+,15-/m1/s1. The van der Waals surface area contributed by atoms with Gasteiger partial charge >= 0.3 is 6.03 Å². The van der Waals surface area contributed by atoms with Crippen LogP contribution in [0.15, 0.2) is 35.3 Å². The maximum atomic E-state index is 12.2. The molecule has 1 aromatic heterocycles. The number of fused-ring (bicyclic) bond motifs is 1. The molecule has 1 heterocycles. The largest absolute Gasteiger partial charge is 0.335 e. The number of rotatable bonds is 3. The van der Waals surface area contributed by atoms with E-state index in [0.717, 1.165) is 12.8 Å². The molecule has 138 valence electrons. The van der Waals surface area contributed by atoms with Gasteiger partial charge in [0.2, 0.25) is 11.3 Å². The maximum Gasteiger partial charge on any atom is 0.321 e. The van der Waals surface area contributed by atoms with Crippen LogP contribution in [0.5, 0.6) is 0 Å². The van der Waals surface area contributed by atoms with Crippen molar-refractivity contribution >= 4 is 22.8 Å². The first kappa shape index (κ1) is 18.1. The summed E-state index contributed by atoms with van der Waals surface area (Å²) < 4.78 is 1.42. The second kappa shape index (κ2) is 7.68. The molecule has 0 spiro atoms. The third-order valence-electron chi connectivity index (χ3n) is 5.33. The molecule has 7 heteroatoms. The normalized spacial score (nSPS) is 22.8. The molecule has 0 radical (unpaired) electrons. The van der Waals surface area contributed by atoms with Crippen molar-refractivity contribution in [2.75, 3.05) is 0 Å². The van der Waals surface area contributed by atoms with Crippen molar-refractivity contribution < 1.29 is 9.59 Å². The second-order valence-electron chi connectivity index (χ2n) is 7.08. The van der Waals surface area contributed by atoms with Crippen LogP contribution in [-0.2, 0) is 11.3 Å². The maximum absolute atomic E-state index is 12.2. The van der Waals surface area contributed by atoms with Crippen LogP contribution in [0, 0.1) is 11.8 Å². The van der Waals surface area contributed by atoms with Crippen molar-refractivity contribution in [3.63, 3.8) is 0 Å². The summed E-state index contributed by atoms with van der Waals surface area (Å²) in [7, 11) is 0. The van der Waals surface area contributed by atoms with E-state index in [1.165, 1.54) is 17.3 Å². The fourth-order valence-electron chi connectivity index (χ4n) is 3.58. The van der Waals surface area contributed by atoms with E-state index < -0.39 is 11.9 Å². The molecular formula is C19H24N4O3. The molecule has 0 unspecified atom stereocenters. The first-order valence-electron chi connectivity index (χ1n) is 9.01. The summed E-state index contributed by atoms with van der Waals surface area (Å²) in [6.45, 7) is 4.19. The van der Waals surface area contributed by atoms with Gasteiger partial charge in [0.15, 0.2) is 0 Å². The van der Waals surface area contributed by atoms with Gasteiger partial charge in [0.05, 0.1) is 11.7 Å². The number of hydrogen-bond acceptors (Lipinski definition) is 4. The highest BCUT2D eigenvalue weighted by Gasteiger charge is 2.28. The number of urea groups is 1. The average molecular weight is 356 g/mol. The van der Waals surface area contributed by atoms with Gasteiger partial charge in [0.1, 0.15) is 6.54 Å². The Morgan fingerprint density at radius 3 is 2.81 bits per heavy atom. The Kier molecular flexibility index (Phi) is 5.35. The van der Waals surface area contributed by atoms with Gasteiger partial charge in [0, 0.05) is 11.4 Å². The minimum absolute atomic E-state index is 0.0814. The highest BCUT2D eigenvalue weighted by molar-refractivity contribution is 5.94. The number of amides is 3. The fourth-order valence-corrected chi connectivity index (χ4v) is 3.58. The molecule has 0 bridgehead atoms. The Labute approximate surface area is 151 Å². The van der Waals surface area contributed by atoms with Crippen LogP contribution in [0.25, 0.3) is 10.9 Å². The van der Waals surface area contributed by atoms with E-state index in [-0.39, 0.29) is 18.0 Å². The van der Waals surface area contributed by atoms with E-state index in [2.05, 4.69) is 29.6 Å². The van der Waals surface area contributed by atoms with Crippen molar-refractivity contribution in [3.8, 4) is 0 Å².